The first-order valence-electron chi connectivity index (χ1n) is 8.60. The van der Waals surface area contributed by atoms with Gasteiger partial charge in [0.1, 0.15) is 0 Å². The molecule has 1 atom stereocenters. The number of carbonyl (C=O) groups excluding carboxylic acids is 1. The third-order valence-electron chi connectivity index (χ3n) is 4.81. The second-order valence-corrected chi connectivity index (χ2v) is 8.43. The Morgan fingerprint density at radius 3 is 2.58 bits per heavy atom. The molecule has 1 heterocycles. The highest BCUT2D eigenvalue weighted by molar-refractivity contribution is 7.89. The molecule has 7 heteroatoms. The van der Waals surface area contributed by atoms with Crippen molar-refractivity contribution in [2.75, 3.05) is 13.1 Å². The molecule has 1 unspecified atom stereocenters. The Morgan fingerprint density at radius 2 is 1.92 bits per heavy atom. The predicted molar refractivity (Wildman–Crippen MR) is 92.5 cm³/mol. The number of amides is 1. The molecule has 3 N–H and O–H groups in total. The van der Waals surface area contributed by atoms with Crippen molar-refractivity contribution < 1.29 is 13.2 Å². The van der Waals surface area contributed by atoms with E-state index in [4.69, 9.17) is 0 Å². The Hall–Kier alpha value is -1.44. The van der Waals surface area contributed by atoms with E-state index in [1.807, 2.05) is 0 Å². The van der Waals surface area contributed by atoms with Crippen LogP contribution >= 0.6 is 0 Å². The van der Waals surface area contributed by atoms with Gasteiger partial charge >= 0.3 is 0 Å². The highest BCUT2D eigenvalue weighted by Crippen LogP contribution is 2.22. The first-order chi connectivity index (χ1) is 11.5. The molecule has 6 nitrogen and oxygen atoms in total. The zero-order chi connectivity index (χ0) is 17.2. The van der Waals surface area contributed by atoms with E-state index in [0.717, 1.165) is 45.2 Å². The predicted octanol–water partition coefficient (Wildman–Crippen LogP) is 1.31. The van der Waals surface area contributed by atoms with Crippen molar-refractivity contribution in [2.45, 2.75) is 56.0 Å². The van der Waals surface area contributed by atoms with E-state index in [1.54, 1.807) is 19.1 Å². The Labute approximate surface area is 143 Å². The van der Waals surface area contributed by atoms with Crippen LogP contribution in [0.25, 0.3) is 0 Å². The summed E-state index contributed by atoms with van der Waals surface area (Å²) in [5, 5.41) is 6.14. The Morgan fingerprint density at radius 1 is 1.17 bits per heavy atom. The topological polar surface area (TPSA) is 87.3 Å². The molecule has 132 valence electrons. The van der Waals surface area contributed by atoms with Crippen LogP contribution in [0.5, 0.6) is 0 Å². The molecule has 0 radical (unpaired) electrons. The van der Waals surface area contributed by atoms with Crippen LogP contribution in [0.2, 0.25) is 0 Å². The van der Waals surface area contributed by atoms with Crippen molar-refractivity contribution >= 4 is 15.9 Å². The van der Waals surface area contributed by atoms with Gasteiger partial charge in [-0.3, -0.25) is 4.79 Å². The highest BCUT2D eigenvalue weighted by Gasteiger charge is 2.25. The average molecular weight is 351 g/mol. The summed E-state index contributed by atoms with van der Waals surface area (Å²) in [6, 6.07) is 4.99. The van der Waals surface area contributed by atoms with Gasteiger partial charge in [0.25, 0.3) is 5.91 Å². The van der Waals surface area contributed by atoms with E-state index in [1.165, 1.54) is 6.07 Å². The standard InChI is InChI=1S/C17H25N3O3S/c1-12-6-7-13(17(21)19-15-8-9-18-11-15)10-16(12)24(22,23)20-14-4-2-3-5-14/h6-7,10,14-15,18,20H,2-5,8-9,11H2,1H3,(H,19,21). The molecule has 3 rings (SSSR count). The van der Waals surface area contributed by atoms with Crippen LogP contribution < -0.4 is 15.4 Å². The number of aryl methyl sites for hydroxylation is 1. The van der Waals surface area contributed by atoms with Crippen LogP contribution in [-0.2, 0) is 10.0 Å². The molecule has 1 aliphatic heterocycles. The van der Waals surface area contributed by atoms with Crippen LogP contribution in [0, 0.1) is 6.92 Å². The molecule has 1 saturated heterocycles. The molecule has 24 heavy (non-hydrogen) atoms. The smallest absolute Gasteiger partial charge is 0.251 e. The largest absolute Gasteiger partial charge is 0.348 e. The number of sulfonamides is 1. The SMILES string of the molecule is Cc1ccc(C(=O)NC2CCNC2)cc1S(=O)(=O)NC1CCCC1. The highest BCUT2D eigenvalue weighted by atomic mass is 32.2. The molecule has 0 bridgehead atoms. The molecule has 1 aromatic rings. The van der Waals surface area contributed by atoms with Gasteiger partial charge in [0, 0.05) is 24.2 Å². The average Bonchev–Trinajstić information content (AvgIpc) is 3.21. The summed E-state index contributed by atoms with van der Waals surface area (Å²) in [6.07, 6.45) is 4.78. The number of nitrogens with one attached hydrogen (secondary N) is 3. The molecular weight excluding hydrogens is 326 g/mol. The van der Waals surface area contributed by atoms with E-state index in [9.17, 15) is 13.2 Å². The van der Waals surface area contributed by atoms with Crippen LogP contribution in [0.15, 0.2) is 23.1 Å². The fraction of sp³-hybridized carbons (Fsp3) is 0.588. The van der Waals surface area contributed by atoms with Crippen molar-refractivity contribution in [3.05, 3.63) is 29.3 Å². The van der Waals surface area contributed by atoms with Gasteiger partial charge in [-0.1, -0.05) is 18.9 Å². The van der Waals surface area contributed by atoms with Crippen LogP contribution in [0.3, 0.4) is 0 Å². The minimum Gasteiger partial charge on any atom is -0.348 e. The summed E-state index contributed by atoms with van der Waals surface area (Å²) >= 11 is 0. The summed E-state index contributed by atoms with van der Waals surface area (Å²) < 4.78 is 28.1. The van der Waals surface area contributed by atoms with E-state index < -0.39 is 10.0 Å². The van der Waals surface area contributed by atoms with Crippen molar-refractivity contribution in [3.8, 4) is 0 Å². The normalized spacial score (nSPS) is 22.0. The molecule has 1 aromatic carbocycles. The maximum Gasteiger partial charge on any atom is 0.251 e. The molecule has 0 spiro atoms. The fourth-order valence-electron chi connectivity index (χ4n) is 3.40. The van der Waals surface area contributed by atoms with Gasteiger partial charge in [0.05, 0.1) is 4.90 Å². The van der Waals surface area contributed by atoms with Gasteiger partial charge in [0.15, 0.2) is 0 Å². The molecule has 1 saturated carbocycles. The lowest BCUT2D eigenvalue weighted by atomic mass is 10.1. The summed E-state index contributed by atoms with van der Waals surface area (Å²) in [7, 11) is -3.60. The third-order valence-corrected chi connectivity index (χ3v) is 6.47. The van der Waals surface area contributed by atoms with E-state index >= 15 is 0 Å². The van der Waals surface area contributed by atoms with Gasteiger partial charge in [-0.25, -0.2) is 13.1 Å². The number of benzene rings is 1. The molecule has 0 aromatic heterocycles. The van der Waals surface area contributed by atoms with E-state index in [0.29, 0.717) is 11.1 Å². The molecule has 1 amide bonds. The monoisotopic (exact) mass is 351 g/mol. The second kappa shape index (κ2) is 7.21. The van der Waals surface area contributed by atoms with Crippen molar-refractivity contribution in [1.82, 2.24) is 15.4 Å². The molecule has 2 fully saturated rings. The summed E-state index contributed by atoms with van der Waals surface area (Å²) in [5.41, 5.74) is 1.04. The van der Waals surface area contributed by atoms with E-state index in [-0.39, 0.29) is 22.9 Å². The Balaban J connectivity index is 1.78. The first kappa shape index (κ1) is 17.4. The van der Waals surface area contributed by atoms with Gasteiger partial charge in [-0.15, -0.1) is 0 Å². The van der Waals surface area contributed by atoms with E-state index in [2.05, 4.69) is 15.4 Å². The van der Waals surface area contributed by atoms with Gasteiger partial charge in [0.2, 0.25) is 10.0 Å². The number of hydrogen-bond donors (Lipinski definition) is 3. The first-order valence-corrected chi connectivity index (χ1v) is 10.1. The number of rotatable bonds is 5. The molecule has 2 aliphatic rings. The Bertz CT molecular complexity index is 706. The van der Waals surface area contributed by atoms with Crippen LogP contribution in [0.4, 0.5) is 0 Å². The van der Waals surface area contributed by atoms with Crippen LogP contribution in [-0.4, -0.2) is 39.5 Å². The minimum absolute atomic E-state index is 0.0106. The summed E-state index contributed by atoms with van der Waals surface area (Å²) in [6.45, 7) is 3.40. The lowest BCUT2D eigenvalue weighted by Gasteiger charge is -2.16. The van der Waals surface area contributed by atoms with Crippen molar-refractivity contribution in [3.63, 3.8) is 0 Å². The minimum atomic E-state index is -3.60. The van der Waals surface area contributed by atoms with Crippen molar-refractivity contribution in [1.29, 1.82) is 0 Å². The third kappa shape index (κ3) is 3.96. The van der Waals surface area contributed by atoms with Gasteiger partial charge in [-0.2, -0.15) is 0 Å². The fourth-order valence-corrected chi connectivity index (χ4v) is 4.98. The zero-order valence-electron chi connectivity index (χ0n) is 14.0. The molecule has 1 aliphatic carbocycles. The van der Waals surface area contributed by atoms with Crippen LogP contribution in [0.1, 0.15) is 48.0 Å². The second-order valence-electron chi connectivity index (χ2n) is 6.75. The summed E-state index contributed by atoms with van der Waals surface area (Å²) in [5.74, 6) is -0.221. The van der Waals surface area contributed by atoms with Crippen molar-refractivity contribution in [2.24, 2.45) is 0 Å². The number of carbonyl (C=O) groups is 1. The summed E-state index contributed by atoms with van der Waals surface area (Å²) in [4.78, 5) is 12.6. The number of hydrogen-bond acceptors (Lipinski definition) is 4. The lowest BCUT2D eigenvalue weighted by Crippen LogP contribution is -2.36. The maximum absolute atomic E-state index is 12.7. The zero-order valence-corrected chi connectivity index (χ0v) is 14.8. The Kier molecular flexibility index (Phi) is 5.22. The maximum atomic E-state index is 12.7. The van der Waals surface area contributed by atoms with Gasteiger partial charge in [-0.05, 0) is 50.4 Å². The quantitative estimate of drug-likeness (QED) is 0.746. The molecular formula is C17H25N3O3S. The lowest BCUT2D eigenvalue weighted by molar-refractivity contribution is 0.0940. The van der Waals surface area contributed by atoms with Gasteiger partial charge < -0.3 is 10.6 Å².